The van der Waals surface area contributed by atoms with E-state index < -0.39 is 0 Å². The van der Waals surface area contributed by atoms with Crippen LogP contribution in [0, 0.1) is 5.92 Å². The first-order valence-corrected chi connectivity index (χ1v) is 7.49. The molecule has 0 aliphatic carbocycles. The van der Waals surface area contributed by atoms with Crippen LogP contribution in [0.2, 0.25) is 5.02 Å². The maximum atomic E-state index is 12.0. The first-order chi connectivity index (χ1) is 9.72. The molecule has 0 saturated carbocycles. The molecule has 5 heteroatoms. The van der Waals surface area contributed by atoms with E-state index in [0.29, 0.717) is 16.7 Å². The highest BCUT2D eigenvalue weighted by atomic mass is 35.5. The van der Waals surface area contributed by atoms with Crippen molar-refractivity contribution in [3.63, 3.8) is 0 Å². The third kappa shape index (κ3) is 3.07. The zero-order valence-electron chi connectivity index (χ0n) is 11.3. The van der Waals surface area contributed by atoms with Gasteiger partial charge in [0.2, 0.25) is 0 Å². The minimum atomic E-state index is -0.0660. The van der Waals surface area contributed by atoms with Gasteiger partial charge in [-0.1, -0.05) is 23.7 Å². The molecule has 4 nitrogen and oxygen atoms in total. The molecule has 1 aromatic rings. The molecule has 4 rings (SSSR count). The summed E-state index contributed by atoms with van der Waals surface area (Å²) in [6.07, 6.45) is 2.38. The van der Waals surface area contributed by atoms with Crippen molar-refractivity contribution in [2.24, 2.45) is 5.92 Å². The number of fused-ring (bicyclic) bond motifs is 3. The average Bonchev–Trinajstić information content (AvgIpc) is 2.48. The lowest BCUT2D eigenvalue weighted by Crippen LogP contribution is -2.57. The Morgan fingerprint density at radius 2 is 2.10 bits per heavy atom. The van der Waals surface area contributed by atoms with Crippen LogP contribution in [0.4, 0.5) is 0 Å². The first-order valence-electron chi connectivity index (χ1n) is 7.11. The van der Waals surface area contributed by atoms with Crippen molar-refractivity contribution in [1.29, 1.82) is 0 Å². The molecular formula is C15H19ClN2O2. The molecule has 0 radical (unpaired) electrons. The SMILES string of the molecule is O=C(COc1ccccc1Cl)NC1CN2CCC1CC2. The molecule has 3 fully saturated rings. The van der Waals surface area contributed by atoms with Gasteiger partial charge < -0.3 is 15.0 Å². The number of hydrogen-bond donors (Lipinski definition) is 1. The van der Waals surface area contributed by atoms with E-state index in [9.17, 15) is 4.79 Å². The van der Waals surface area contributed by atoms with E-state index in [4.69, 9.17) is 16.3 Å². The Morgan fingerprint density at radius 1 is 1.35 bits per heavy atom. The standard InChI is InChI=1S/C15H19ClN2O2/c16-12-3-1-2-4-14(12)20-10-15(19)17-13-9-18-7-5-11(13)6-8-18/h1-4,11,13H,5-10H2,(H,17,19). The third-order valence-electron chi connectivity index (χ3n) is 4.20. The van der Waals surface area contributed by atoms with Crippen molar-refractivity contribution in [3.8, 4) is 5.75 Å². The average molecular weight is 295 g/mol. The molecule has 108 valence electrons. The van der Waals surface area contributed by atoms with Crippen LogP contribution in [-0.2, 0) is 4.79 Å². The van der Waals surface area contributed by atoms with Crippen molar-refractivity contribution < 1.29 is 9.53 Å². The number of carbonyl (C=O) groups excluding carboxylic acids is 1. The lowest BCUT2D eigenvalue weighted by Gasteiger charge is -2.44. The highest BCUT2D eigenvalue weighted by Gasteiger charge is 2.34. The van der Waals surface area contributed by atoms with Crippen LogP contribution in [0.3, 0.4) is 0 Å². The van der Waals surface area contributed by atoms with Gasteiger partial charge in [0.1, 0.15) is 5.75 Å². The number of halogens is 1. The van der Waals surface area contributed by atoms with Gasteiger partial charge in [-0.25, -0.2) is 0 Å². The van der Waals surface area contributed by atoms with E-state index in [1.54, 1.807) is 12.1 Å². The molecule has 1 unspecified atom stereocenters. The highest BCUT2D eigenvalue weighted by molar-refractivity contribution is 6.32. The van der Waals surface area contributed by atoms with Crippen LogP contribution in [0.15, 0.2) is 24.3 Å². The largest absolute Gasteiger partial charge is 0.482 e. The van der Waals surface area contributed by atoms with E-state index in [0.717, 1.165) is 6.54 Å². The van der Waals surface area contributed by atoms with Crippen molar-refractivity contribution >= 4 is 17.5 Å². The van der Waals surface area contributed by atoms with Crippen LogP contribution in [0.5, 0.6) is 5.75 Å². The summed E-state index contributed by atoms with van der Waals surface area (Å²) in [5, 5.41) is 3.62. The number of piperidine rings is 3. The summed E-state index contributed by atoms with van der Waals surface area (Å²) in [4.78, 5) is 14.4. The molecule has 1 atom stereocenters. The van der Waals surface area contributed by atoms with Gasteiger partial charge in [0, 0.05) is 12.6 Å². The molecule has 0 aromatic heterocycles. The molecule has 3 saturated heterocycles. The molecule has 20 heavy (non-hydrogen) atoms. The highest BCUT2D eigenvalue weighted by Crippen LogP contribution is 2.27. The van der Waals surface area contributed by atoms with Crippen LogP contribution >= 0.6 is 11.6 Å². The van der Waals surface area contributed by atoms with Gasteiger partial charge >= 0.3 is 0 Å². The fourth-order valence-corrected chi connectivity index (χ4v) is 3.27. The van der Waals surface area contributed by atoms with Gasteiger partial charge in [0.15, 0.2) is 6.61 Å². The summed E-state index contributed by atoms with van der Waals surface area (Å²) in [7, 11) is 0. The summed E-state index contributed by atoms with van der Waals surface area (Å²) >= 11 is 5.99. The van der Waals surface area contributed by atoms with E-state index in [1.165, 1.54) is 25.9 Å². The number of nitrogens with one attached hydrogen (secondary N) is 1. The lowest BCUT2D eigenvalue weighted by atomic mass is 9.84. The van der Waals surface area contributed by atoms with Gasteiger partial charge in [-0.05, 0) is 44.0 Å². The molecule has 1 aromatic carbocycles. The number of para-hydroxylation sites is 1. The van der Waals surface area contributed by atoms with Gasteiger partial charge in [-0.2, -0.15) is 0 Å². The Bertz CT molecular complexity index is 487. The van der Waals surface area contributed by atoms with E-state index in [-0.39, 0.29) is 18.6 Å². The van der Waals surface area contributed by atoms with Crippen molar-refractivity contribution in [3.05, 3.63) is 29.3 Å². The van der Waals surface area contributed by atoms with Gasteiger partial charge in [-0.15, -0.1) is 0 Å². The monoisotopic (exact) mass is 294 g/mol. The Hall–Kier alpha value is -1.26. The number of amides is 1. The predicted molar refractivity (Wildman–Crippen MR) is 78.0 cm³/mol. The maximum Gasteiger partial charge on any atom is 0.258 e. The second kappa shape index (κ2) is 6.02. The fraction of sp³-hybridized carbons (Fsp3) is 0.533. The summed E-state index contributed by atoms with van der Waals surface area (Å²) in [5.41, 5.74) is 0. The molecular weight excluding hydrogens is 276 g/mol. The predicted octanol–water partition coefficient (Wildman–Crippen LogP) is 1.93. The number of nitrogens with zero attached hydrogens (tertiary/aromatic N) is 1. The minimum Gasteiger partial charge on any atom is -0.482 e. The van der Waals surface area contributed by atoms with E-state index in [2.05, 4.69) is 10.2 Å². The Labute approximate surface area is 124 Å². The molecule has 3 heterocycles. The molecule has 3 aliphatic rings. The van der Waals surface area contributed by atoms with Crippen molar-refractivity contribution in [2.75, 3.05) is 26.2 Å². The van der Waals surface area contributed by atoms with E-state index in [1.807, 2.05) is 12.1 Å². The zero-order chi connectivity index (χ0) is 13.9. The number of carbonyl (C=O) groups is 1. The summed E-state index contributed by atoms with van der Waals surface area (Å²) in [6, 6.07) is 7.47. The Kier molecular flexibility index (Phi) is 4.13. The summed E-state index contributed by atoms with van der Waals surface area (Å²) < 4.78 is 5.46. The zero-order valence-corrected chi connectivity index (χ0v) is 12.1. The van der Waals surface area contributed by atoms with Gasteiger partial charge in [0.25, 0.3) is 5.91 Å². The Morgan fingerprint density at radius 3 is 2.75 bits per heavy atom. The molecule has 2 bridgehead atoms. The molecule has 0 spiro atoms. The van der Waals surface area contributed by atoms with Crippen LogP contribution in [0.1, 0.15) is 12.8 Å². The summed E-state index contributed by atoms with van der Waals surface area (Å²) in [6.45, 7) is 3.34. The number of hydrogen-bond acceptors (Lipinski definition) is 3. The van der Waals surface area contributed by atoms with E-state index >= 15 is 0 Å². The first kappa shape index (κ1) is 13.7. The van der Waals surface area contributed by atoms with Crippen LogP contribution in [-0.4, -0.2) is 43.1 Å². The Balaban J connectivity index is 1.49. The number of rotatable bonds is 4. The smallest absolute Gasteiger partial charge is 0.258 e. The summed E-state index contributed by atoms with van der Waals surface area (Å²) in [5.74, 6) is 1.12. The topological polar surface area (TPSA) is 41.6 Å². The quantitative estimate of drug-likeness (QED) is 0.922. The number of benzene rings is 1. The molecule has 1 N–H and O–H groups in total. The normalized spacial score (nSPS) is 28.1. The second-order valence-corrected chi connectivity index (χ2v) is 5.94. The van der Waals surface area contributed by atoms with Crippen molar-refractivity contribution in [2.45, 2.75) is 18.9 Å². The van der Waals surface area contributed by atoms with Crippen LogP contribution in [0.25, 0.3) is 0 Å². The molecule has 3 aliphatic heterocycles. The number of ether oxygens (including phenoxy) is 1. The fourth-order valence-electron chi connectivity index (χ4n) is 3.08. The van der Waals surface area contributed by atoms with Crippen LogP contribution < -0.4 is 10.1 Å². The minimum absolute atomic E-state index is 0.0208. The molecule has 1 amide bonds. The van der Waals surface area contributed by atoms with Gasteiger partial charge in [0.05, 0.1) is 5.02 Å². The lowest BCUT2D eigenvalue weighted by molar-refractivity contribution is -0.125. The second-order valence-electron chi connectivity index (χ2n) is 5.53. The third-order valence-corrected chi connectivity index (χ3v) is 4.51. The van der Waals surface area contributed by atoms with Crippen molar-refractivity contribution in [1.82, 2.24) is 10.2 Å². The maximum absolute atomic E-state index is 12.0. The van der Waals surface area contributed by atoms with Gasteiger partial charge in [-0.3, -0.25) is 4.79 Å².